The van der Waals surface area contributed by atoms with E-state index in [1.54, 1.807) is 7.11 Å². The molecule has 0 aliphatic carbocycles. The van der Waals surface area contributed by atoms with Crippen LogP contribution in [0.4, 0.5) is 0 Å². The van der Waals surface area contributed by atoms with Gasteiger partial charge >= 0.3 is 0 Å². The molecule has 1 heterocycles. The van der Waals surface area contributed by atoms with Crippen molar-refractivity contribution < 1.29 is 9.57 Å². The van der Waals surface area contributed by atoms with Gasteiger partial charge in [0.25, 0.3) is 0 Å². The van der Waals surface area contributed by atoms with E-state index in [1.807, 2.05) is 0 Å². The Kier molecular flexibility index (Phi) is 3.64. The van der Waals surface area contributed by atoms with Crippen LogP contribution >= 0.6 is 0 Å². The second kappa shape index (κ2) is 4.90. The molecular weight excluding hydrogens is 226 g/mol. The van der Waals surface area contributed by atoms with E-state index >= 15 is 0 Å². The highest BCUT2D eigenvalue weighted by molar-refractivity contribution is 5.51. The predicted molar refractivity (Wildman–Crippen MR) is 72.9 cm³/mol. The SMILES string of the molecule is CONC1CCOc2c(C(C)(C)C)ccc(C)c21. The maximum atomic E-state index is 5.94. The number of aryl methyl sites for hydroxylation is 1. The Morgan fingerprint density at radius 2 is 2.06 bits per heavy atom. The molecule has 0 amide bonds. The third-order valence-electron chi connectivity index (χ3n) is 3.48. The molecule has 1 aliphatic heterocycles. The fraction of sp³-hybridized carbons (Fsp3) is 0.600. The van der Waals surface area contributed by atoms with Crippen LogP contribution in [0.2, 0.25) is 0 Å². The lowest BCUT2D eigenvalue weighted by molar-refractivity contribution is 0.0457. The van der Waals surface area contributed by atoms with Crippen LogP contribution in [0.3, 0.4) is 0 Å². The molecule has 0 spiro atoms. The fourth-order valence-corrected chi connectivity index (χ4v) is 2.56. The van der Waals surface area contributed by atoms with Gasteiger partial charge in [0.2, 0.25) is 0 Å². The van der Waals surface area contributed by atoms with Crippen LogP contribution in [0, 0.1) is 6.92 Å². The van der Waals surface area contributed by atoms with Crippen LogP contribution in [0.25, 0.3) is 0 Å². The Hall–Kier alpha value is -1.06. The lowest BCUT2D eigenvalue weighted by atomic mass is 9.82. The number of rotatable bonds is 2. The standard InChI is InChI=1S/C15H23NO2/c1-10-6-7-11(15(2,3)4)14-13(10)12(16-17-5)8-9-18-14/h6-7,12,16H,8-9H2,1-5H3. The number of hydrogen-bond acceptors (Lipinski definition) is 3. The first-order valence-electron chi connectivity index (χ1n) is 6.50. The summed E-state index contributed by atoms with van der Waals surface area (Å²) in [5, 5.41) is 0. The molecule has 1 unspecified atom stereocenters. The summed E-state index contributed by atoms with van der Waals surface area (Å²) in [6, 6.07) is 4.59. The molecule has 0 saturated heterocycles. The first-order valence-corrected chi connectivity index (χ1v) is 6.50. The van der Waals surface area contributed by atoms with E-state index in [2.05, 4.69) is 45.3 Å². The van der Waals surface area contributed by atoms with Gasteiger partial charge in [-0.1, -0.05) is 32.9 Å². The molecule has 1 aromatic rings. The number of hydrogen-bond donors (Lipinski definition) is 1. The van der Waals surface area contributed by atoms with Crippen molar-refractivity contribution >= 4 is 0 Å². The van der Waals surface area contributed by atoms with Crippen molar-refractivity contribution in [3.05, 3.63) is 28.8 Å². The van der Waals surface area contributed by atoms with Gasteiger partial charge in [0.05, 0.1) is 19.8 Å². The number of nitrogens with one attached hydrogen (secondary N) is 1. The zero-order chi connectivity index (χ0) is 13.3. The van der Waals surface area contributed by atoms with E-state index in [4.69, 9.17) is 9.57 Å². The highest BCUT2D eigenvalue weighted by Gasteiger charge is 2.29. The van der Waals surface area contributed by atoms with Crippen molar-refractivity contribution in [2.45, 2.75) is 45.6 Å². The van der Waals surface area contributed by atoms with Crippen LogP contribution in [0.15, 0.2) is 12.1 Å². The number of benzene rings is 1. The minimum Gasteiger partial charge on any atom is -0.493 e. The fourth-order valence-electron chi connectivity index (χ4n) is 2.56. The molecule has 3 heteroatoms. The zero-order valence-electron chi connectivity index (χ0n) is 12.0. The van der Waals surface area contributed by atoms with Gasteiger partial charge in [0.15, 0.2) is 0 Å². The smallest absolute Gasteiger partial charge is 0.128 e. The van der Waals surface area contributed by atoms with Crippen LogP contribution in [-0.4, -0.2) is 13.7 Å². The second-order valence-electron chi connectivity index (χ2n) is 5.93. The molecule has 0 saturated carbocycles. The summed E-state index contributed by atoms with van der Waals surface area (Å²) in [6.45, 7) is 9.52. The molecule has 0 bridgehead atoms. The normalized spacial score (nSPS) is 19.3. The summed E-state index contributed by atoms with van der Waals surface area (Å²) in [5.74, 6) is 1.04. The van der Waals surface area contributed by atoms with Crippen molar-refractivity contribution in [2.24, 2.45) is 0 Å². The number of ether oxygens (including phenoxy) is 1. The lowest BCUT2D eigenvalue weighted by Gasteiger charge is -2.32. The summed E-state index contributed by atoms with van der Waals surface area (Å²) < 4.78 is 5.94. The topological polar surface area (TPSA) is 30.5 Å². The summed E-state index contributed by atoms with van der Waals surface area (Å²) in [4.78, 5) is 5.11. The van der Waals surface area contributed by atoms with Gasteiger partial charge in [-0.2, -0.15) is 5.48 Å². The largest absolute Gasteiger partial charge is 0.493 e. The van der Waals surface area contributed by atoms with Gasteiger partial charge in [-0.15, -0.1) is 0 Å². The Bertz CT molecular complexity index is 435. The lowest BCUT2D eigenvalue weighted by Crippen LogP contribution is -2.29. The highest BCUT2D eigenvalue weighted by Crippen LogP contribution is 2.41. The van der Waals surface area contributed by atoms with Crippen LogP contribution in [0.1, 0.15) is 49.9 Å². The highest BCUT2D eigenvalue weighted by atomic mass is 16.6. The minimum atomic E-state index is 0.0900. The summed E-state index contributed by atoms with van der Waals surface area (Å²) in [7, 11) is 1.66. The number of hydroxylamine groups is 1. The zero-order valence-corrected chi connectivity index (χ0v) is 12.0. The van der Waals surface area contributed by atoms with Crippen LogP contribution < -0.4 is 10.2 Å². The molecule has 1 N–H and O–H groups in total. The maximum Gasteiger partial charge on any atom is 0.128 e. The minimum absolute atomic E-state index is 0.0900. The molecule has 0 radical (unpaired) electrons. The van der Waals surface area contributed by atoms with Crippen LogP contribution in [-0.2, 0) is 10.3 Å². The maximum absolute atomic E-state index is 5.94. The summed E-state index contributed by atoms with van der Waals surface area (Å²) in [6.07, 6.45) is 0.940. The van der Waals surface area contributed by atoms with E-state index in [-0.39, 0.29) is 11.5 Å². The second-order valence-corrected chi connectivity index (χ2v) is 5.93. The van der Waals surface area contributed by atoms with E-state index in [0.29, 0.717) is 0 Å². The third-order valence-corrected chi connectivity index (χ3v) is 3.48. The van der Waals surface area contributed by atoms with E-state index in [9.17, 15) is 0 Å². The quantitative estimate of drug-likeness (QED) is 0.816. The van der Waals surface area contributed by atoms with Gasteiger partial charge in [0, 0.05) is 12.0 Å². The van der Waals surface area contributed by atoms with Crippen LogP contribution in [0.5, 0.6) is 5.75 Å². The molecule has 1 aromatic carbocycles. The van der Waals surface area contributed by atoms with Gasteiger partial charge in [0.1, 0.15) is 5.75 Å². The molecular formula is C15H23NO2. The molecule has 18 heavy (non-hydrogen) atoms. The summed E-state index contributed by atoms with van der Waals surface area (Å²) >= 11 is 0. The Morgan fingerprint density at radius 1 is 1.33 bits per heavy atom. The third kappa shape index (κ3) is 2.38. The Balaban J connectivity index is 2.54. The van der Waals surface area contributed by atoms with Crippen molar-refractivity contribution in [1.82, 2.24) is 5.48 Å². The molecule has 2 rings (SSSR count). The van der Waals surface area contributed by atoms with Gasteiger partial charge in [-0.3, -0.25) is 0 Å². The van der Waals surface area contributed by atoms with Crippen molar-refractivity contribution in [2.75, 3.05) is 13.7 Å². The van der Waals surface area contributed by atoms with Crippen molar-refractivity contribution in [3.8, 4) is 5.75 Å². The average molecular weight is 249 g/mol. The molecule has 1 aliphatic rings. The first-order chi connectivity index (χ1) is 8.45. The molecule has 100 valence electrons. The predicted octanol–water partition coefficient (Wildman–Crippen LogP) is 3.27. The van der Waals surface area contributed by atoms with Gasteiger partial charge in [-0.25, -0.2) is 0 Å². The van der Waals surface area contributed by atoms with Gasteiger partial charge in [-0.05, 0) is 23.5 Å². The molecule has 3 nitrogen and oxygen atoms in total. The molecule has 0 aromatic heterocycles. The molecule has 1 atom stereocenters. The monoisotopic (exact) mass is 249 g/mol. The van der Waals surface area contributed by atoms with Crippen molar-refractivity contribution in [3.63, 3.8) is 0 Å². The Labute approximate surface area is 109 Å². The number of fused-ring (bicyclic) bond motifs is 1. The summed E-state index contributed by atoms with van der Waals surface area (Å²) in [5.41, 5.74) is 6.94. The van der Waals surface area contributed by atoms with E-state index in [0.717, 1.165) is 18.8 Å². The average Bonchev–Trinajstić information content (AvgIpc) is 2.28. The molecule has 0 fully saturated rings. The van der Waals surface area contributed by atoms with Gasteiger partial charge < -0.3 is 9.57 Å². The van der Waals surface area contributed by atoms with E-state index < -0.39 is 0 Å². The van der Waals surface area contributed by atoms with Crippen molar-refractivity contribution in [1.29, 1.82) is 0 Å². The van der Waals surface area contributed by atoms with E-state index in [1.165, 1.54) is 16.7 Å². The first kappa shape index (κ1) is 13.4. The Morgan fingerprint density at radius 3 is 2.67 bits per heavy atom.